The maximum atomic E-state index is 11.6. The molecule has 0 fully saturated rings. The van der Waals surface area contributed by atoms with Crippen LogP contribution in [0.2, 0.25) is 0 Å². The second-order valence-corrected chi connectivity index (χ2v) is 5.99. The van der Waals surface area contributed by atoms with Gasteiger partial charge in [-0.2, -0.15) is 0 Å². The van der Waals surface area contributed by atoms with Gasteiger partial charge in [0.05, 0.1) is 23.8 Å². The van der Waals surface area contributed by atoms with E-state index in [4.69, 9.17) is 0 Å². The predicted molar refractivity (Wildman–Crippen MR) is 83.5 cm³/mol. The Morgan fingerprint density at radius 1 is 1.04 bits per heavy atom. The number of carbonyl (C=O) groups is 4. The van der Waals surface area contributed by atoms with Crippen molar-refractivity contribution in [2.45, 2.75) is 9.79 Å². The Morgan fingerprint density at radius 3 is 2.42 bits per heavy atom. The Bertz CT molecular complexity index is 887. The summed E-state index contributed by atoms with van der Waals surface area (Å²) in [5, 5.41) is 0. The quantitative estimate of drug-likeness (QED) is 0.479. The number of benzene rings is 2. The zero-order valence-corrected chi connectivity index (χ0v) is 13.2. The SMILES string of the molecule is COC(=O)c1ccc(Sc2ccc3c(c2)C(=O)OC3=O)cc1C=O. The van der Waals surface area contributed by atoms with Crippen LogP contribution in [0.25, 0.3) is 0 Å². The number of ether oxygens (including phenoxy) is 2. The lowest BCUT2D eigenvalue weighted by molar-refractivity contribution is 0.0442. The topological polar surface area (TPSA) is 86.7 Å². The molecule has 1 aliphatic heterocycles. The van der Waals surface area contributed by atoms with Gasteiger partial charge in [-0.05, 0) is 36.4 Å². The van der Waals surface area contributed by atoms with E-state index >= 15 is 0 Å². The fourth-order valence-corrected chi connectivity index (χ4v) is 3.17. The maximum Gasteiger partial charge on any atom is 0.346 e. The molecule has 2 aromatic rings. The number of methoxy groups -OCH3 is 1. The number of aldehydes is 1. The summed E-state index contributed by atoms with van der Waals surface area (Å²) in [7, 11) is 1.24. The van der Waals surface area contributed by atoms with Gasteiger partial charge in [0.25, 0.3) is 0 Å². The maximum absolute atomic E-state index is 11.6. The average Bonchev–Trinajstić information content (AvgIpc) is 2.88. The van der Waals surface area contributed by atoms with E-state index in [0.29, 0.717) is 16.1 Å². The van der Waals surface area contributed by atoms with Crippen molar-refractivity contribution < 1.29 is 28.7 Å². The van der Waals surface area contributed by atoms with Gasteiger partial charge in [-0.25, -0.2) is 14.4 Å². The number of hydrogen-bond acceptors (Lipinski definition) is 7. The third-order valence-corrected chi connectivity index (χ3v) is 4.39. The van der Waals surface area contributed by atoms with Gasteiger partial charge in [-0.15, -0.1) is 0 Å². The summed E-state index contributed by atoms with van der Waals surface area (Å²) in [5.41, 5.74) is 0.841. The number of fused-ring (bicyclic) bond motifs is 1. The van der Waals surface area contributed by atoms with Crippen molar-refractivity contribution in [3.8, 4) is 0 Å². The molecule has 0 bridgehead atoms. The van der Waals surface area contributed by atoms with Crippen molar-refractivity contribution in [3.63, 3.8) is 0 Å². The summed E-state index contributed by atoms with van der Waals surface area (Å²) in [6, 6.07) is 9.48. The summed E-state index contributed by atoms with van der Waals surface area (Å²) >= 11 is 1.28. The van der Waals surface area contributed by atoms with Crippen molar-refractivity contribution in [2.24, 2.45) is 0 Å². The smallest absolute Gasteiger partial charge is 0.346 e. The van der Waals surface area contributed by atoms with Crippen molar-refractivity contribution in [3.05, 3.63) is 58.7 Å². The van der Waals surface area contributed by atoms with E-state index < -0.39 is 17.9 Å². The first kappa shape index (κ1) is 15.9. The van der Waals surface area contributed by atoms with Crippen molar-refractivity contribution in [1.29, 1.82) is 0 Å². The Balaban J connectivity index is 1.91. The number of hydrogen-bond donors (Lipinski definition) is 0. The molecule has 1 heterocycles. The summed E-state index contributed by atoms with van der Waals surface area (Å²) in [4.78, 5) is 47.2. The number of cyclic esters (lactones) is 2. The molecule has 1 aliphatic rings. The lowest BCUT2D eigenvalue weighted by Crippen LogP contribution is -2.05. The highest BCUT2D eigenvalue weighted by molar-refractivity contribution is 7.99. The Labute approximate surface area is 140 Å². The van der Waals surface area contributed by atoms with Crippen LogP contribution in [-0.4, -0.2) is 31.3 Å². The van der Waals surface area contributed by atoms with E-state index in [-0.39, 0.29) is 22.3 Å². The van der Waals surface area contributed by atoms with E-state index in [1.807, 2.05) is 0 Å². The fraction of sp³-hybridized carbons (Fsp3) is 0.0588. The summed E-state index contributed by atoms with van der Waals surface area (Å²) in [5.74, 6) is -1.92. The predicted octanol–water partition coefficient (Wildman–Crippen LogP) is 2.75. The molecule has 0 aromatic heterocycles. The second kappa shape index (κ2) is 6.29. The molecule has 0 N–H and O–H groups in total. The van der Waals surface area contributed by atoms with Crippen LogP contribution in [0.15, 0.2) is 46.2 Å². The zero-order chi connectivity index (χ0) is 17.3. The average molecular weight is 342 g/mol. The van der Waals surface area contributed by atoms with Gasteiger partial charge >= 0.3 is 17.9 Å². The van der Waals surface area contributed by atoms with Crippen LogP contribution in [0.4, 0.5) is 0 Å². The summed E-state index contributed by atoms with van der Waals surface area (Å²) in [6.45, 7) is 0. The lowest BCUT2D eigenvalue weighted by Gasteiger charge is -2.07. The molecule has 24 heavy (non-hydrogen) atoms. The van der Waals surface area contributed by atoms with E-state index in [1.165, 1.54) is 31.0 Å². The highest BCUT2D eigenvalue weighted by Crippen LogP contribution is 2.32. The van der Waals surface area contributed by atoms with Gasteiger partial charge in [0.15, 0.2) is 6.29 Å². The van der Waals surface area contributed by atoms with Gasteiger partial charge < -0.3 is 9.47 Å². The van der Waals surface area contributed by atoms with Gasteiger partial charge in [0.1, 0.15) is 0 Å². The highest BCUT2D eigenvalue weighted by Gasteiger charge is 2.29. The van der Waals surface area contributed by atoms with Crippen LogP contribution in [-0.2, 0) is 9.47 Å². The Morgan fingerprint density at radius 2 is 1.71 bits per heavy atom. The third-order valence-electron chi connectivity index (χ3n) is 3.41. The zero-order valence-electron chi connectivity index (χ0n) is 12.4. The Hall–Kier alpha value is -2.93. The standard InChI is InChI=1S/C17H10O6S/c1-22-15(19)12-4-2-10(6-9(12)8-18)24-11-3-5-13-14(7-11)17(21)23-16(13)20/h2-8H,1H3. The van der Waals surface area contributed by atoms with E-state index in [1.54, 1.807) is 24.3 Å². The molecule has 0 aliphatic carbocycles. The van der Waals surface area contributed by atoms with E-state index in [0.717, 1.165) is 0 Å². The van der Waals surface area contributed by atoms with Gasteiger partial charge in [-0.3, -0.25) is 4.79 Å². The molecule has 0 atom stereocenters. The first-order chi connectivity index (χ1) is 11.5. The van der Waals surface area contributed by atoms with Gasteiger partial charge in [0.2, 0.25) is 0 Å². The van der Waals surface area contributed by atoms with Crippen LogP contribution in [0.1, 0.15) is 41.4 Å². The third kappa shape index (κ3) is 2.81. The minimum Gasteiger partial charge on any atom is -0.465 e. The van der Waals surface area contributed by atoms with Crippen molar-refractivity contribution in [1.82, 2.24) is 0 Å². The molecule has 0 radical (unpaired) electrons. The molecule has 2 aromatic carbocycles. The number of carbonyl (C=O) groups excluding carboxylic acids is 4. The molecule has 3 rings (SSSR count). The molecule has 0 saturated heterocycles. The molecule has 6 nitrogen and oxygen atoms in total. The minimum absolute atomic E-state index is 0.181. The van der Waals surface area contributed by atoms with Crippen LogP contribution < -0.4 is 0 Å². The lowest BCUT2D eigenvalue weighted by atomic mass is 10.1. The van der Waals surface area contributed by atoms with Crippen LogP contribution in [0.5, 0.6) is 0 Å². The number of esters is 3. The molecular weight excluding hydrogens is 332 g/mol. The van der Waals surface area contributed by atoms with Crippen molar-refractivity contribution in [2.75, 3.05) is 7.11 Å². The highest BCUT2D eigenvalue weighted by atomic mass is 32.2. The molecule has 0 unspecified atom stereocenters. The molecule has 0 saturated carbocycles. The van der Waals surface area contributed by atoms with Crippen LogP contribution >= 0.6 is 11.8 Å². The molecular formula is C17H10O6S. The molecule has 0 amide bonds. The van der Waals surface area contributed by atoms with E-state index in [2.05, 4.69) is 9.47 Å². The summed E-state index contributed by atoms with van der Waals surface area (Å²) in [6.07, 6.45) is 0.578. The Kier molecular flexibility index (Phi) is 4.18. The minimum atomic E-state index is -0.674. The normalized spacial score (nSPS) is 12.5. The first-order valence-corrected chi connectivity index (χ1v) is 7.61. The van der Waals surface area contributed by atoms with Gasteiger partial charge in [0, 0.05) is 15.4 Å². The fourth-order valence-electron chi connectivity index (χ4n) is 2.26. The largest absolute Gasteiger partial charge is 0.465 e. The molecule has 7 heteroatoms. The molecule has 120 valence electrons. The second-order valence-electron chi connectivity index (χ2n) is 4.84. The first-order valence-electron chi connectivity index (χ1n) is 6.79. The molecule has 0 spiro atoms. The van der Waals surface area contributed by atoms with E-state index in [9.17, 15) is 19.2 Å². The van der Waals surface area contributed by atoms with Crippen LogP contribution in [0.3, 0.4) is 0 Å². The summed E-state index contributed by atoms with van der Waals surface area (Å²) < 4.78 is 9.16. The van der Waals surface area contributed by atoms with Gasteiger partial charge in [-0.1, -0.05) is 11.8 Å². The monoisotopic (exact) mass is 342 g/mol. The van der Waals surface area contributed by atoms with Crippen molar-refractivity contribution >= 4 is 36.0 Å². The van der Waals surface area contributed by atoms with Crippen LogP contribution in [0, 0.1) is 0 Å². The number of rotatable bonds is 4.